The number of esters is 1. The van der Waals surface area contributed by atoms with E-state index in [9.17, 15) is 4.79 Å². The van der Waals surface area contributed by atoms with Gasteiger partial charge in [0.05, 0.1) is 13.5 Å². The predicted octanol–water partition coefficient (Wildman–Crippen LogP) is 2.00. The second kappa shape index (κ2) is 12.1. The maximum Gasteiger partial charge on any atom is 0.307 e. The van der Waals surface area contributed by atoms with Crippen LogP contribution < -0.4 is 10.6 Å². The predicted molar refractivity (Wildman–Crippen MR) is 111 cm³/mol. The number of carbonyl (C=O) groups is 1. The van der Waals surface area contributed by atoms with E-state index in [2.05, 4.69) is 55.6 Å². The summed E-state index contributed by atoms with van der Waals surface area (Å²) in [6.07, 6.45) is 2.76. The maximum absolute atomic E-state index is 11.1. The Balaban J connectivity index is 0.00000312. The van der Waals surface area contributed by atoms with Crippen molar-refractivity contribution in [3.63, 3.8) is 0 Å². The van der Waals surface area contributed by atoms with Gasteiger partial charge in [0.2, 0.25) is 0 Å². The number of methoxy groups -OCH3 is 1. The average Bonchev–Trinajstić information content (AvgIpc) is 3.05. The highest BCUT2D eigenvalue weighted by Crippen LogP contribution is 2.19. The Bertz CT molecular complexity index is 539. The highest BCUT2D eigenvalue weighted by Gasteiger charge is 2.24. The molecule has 0 aromatic heterocycles. The molecule has 1 aliphatic rings. The van der Waals surface area contributed by atoms with Crippen molar-refractivity contribution in [2.24, 2.45) is 4.99 Å². The molecule has 0 radical (unpaired) electrons. The Kier molecular flexibility index (Phi) is 10.5. The number of ether oxygens (including phenoxy) is 1. The molecule has 1 fully saturated rings. The van der Waals surface area contributed by atoms with Gasteiger partial charge in [-0.05, 0) is 24.9 Å². The first-order valence-corrected chi connectivity index (χ1v) is 8.52. The minimum Gasteiger partial charge on any atom is -0.469 e. The van der Waals surface area contributed by atoms with Gasteiger partial charge in [-0.25, -0.2) is 0 Å². The molecule has 6 nitrogen and oxygen atoms in total. The summed E-state index contributed by atoms with van der Waals surface area (Å²) >= 11 is 0. The van der Waals surface area contributed by atoms with Gasteiger partial charge in [0, 0.05) is 32.7 Å². The first-order valence-electron chi connectivity index (χ1n) is 8.52. The lowest BCUT2D eigenvalue weighted by atomic mass is 10.2. The number of aliphatic imine (C=N–C) groups is 1. The van der Waals surface area contributed by atoms with Crippen LogP contribution in [0.15, 0.2) is 35.3 Å². The molecule has 1 aromatic carbocycles. The van der Waals surface area contributed by atoms with Gasteiger partial charge in [-0.15, -0.1) is 24.0 Å². The van der Waals surface area contributed by atoms with Crippen LogP contribution >= 0.6 is 24.0 Å². The van der Waals surface area contributed by atoms with Crippen molar-refractivity contribution < 1.29 is 9.53 Å². The summed E-state index contributed by atoms with van der Waals surface area (Å²) in [5.41, 5.74) is 1.35. The van der Waals surface area contributed by atoms with Crippen molar-refractivity contribution in [2.45, 2.75) is 31.8 Å². The second-order valence-corrected chi connectivity index (χ2v) is 5.96. The number of nitrogens with zero attached hydrogens (tertiary/aromatic N) is 2. The van der Waals surface area contributed by atoms with Crippen molar-refractivity contribution in [2.75, 3.05) is 33.8 Å². The Morgan fingerprint density at radius 2 is 2.08 bits per heavy atom. The van der Waals surface area contributed by atoms with Gasteiger partial charge in [0.15, 0.2) is 5.96 Å². The Morgan fingerprint density at radius 3 is 2.76 bits per heavy atom. The number of hydrogen-bond acceptors (Lipinski definition) is 4. The zero-order valence-electron chi connectivity index (χ0n) is 15.0. The molecular formula is C18H29IN4O2. The van der Waals surface area contributed by atoms with Gasteiger partial charge in [0.1, 0.15) is 0 Å². The molecule has 2 rings (SSSR count). The fourth-order valence-electron chi connectivity index (χ4n) is 2.97. The molecule has 1 heterocycles. The summed E-state index contributed by atoms with van der Waals surface area (Å²) < 4.78 is 4.63. The summed E-state index contributed by atoms with van der Waals surface area (Å²) in [5.74, 6) is 0.508. The first kappa shape index (κ1) is 21.7. The van der Waals surface area contributed by atoms with Gasteiger partial charge in [-0.1, -0.05) is 30.3 Å². The fraction of sp³-hybridized carbons (Fsp3) is 0.556. The van der Waals surface area contributed by atoms with Crippen molar-refractivity contribution in [3.8, 4) is 0 Å². The molecule has 140 valence electrons. The average molecular weight is 460 g/mol. The van der Waals surface area contributed by atoms with Crippen LogP contribution in [-0.4, -0.2) is 56.7 Å². The van der Waals surface area contributed by atoms with Gasteiger partial charge in [-0.3, -0.25) is 14.7 Å². The first-order chi connectivity index (χ1) is 11.7. The van der Waals surface area contributed by atoms with E-state index >= 15 is 0 Å². The van der Waals surface area contributed by atoms with Gasteiger partial charge < -0.3 is 15.4 Å². The third-order valence-electron chi connectivity index (χ3n) is 4.31. The molecule has 2 N–H and O–H groups in total. The summed E-state index contributed by atoms with van der Waals surface area (Å²) in [5, 5.41) is 6.51. The topological polar surface area (TPSA) is 66.0 Å². The summed E-state index contributed by atoms with van der Waals surface area (Å²) in [6, 6.07) is 11.1. The van der Waals surface area contributed by atoms with E-state index in [1.165, 1.54) is 25.5 Å². The lowest BCUT2D eigenvalue weighted by molar-refractivity contribution is -0.140. The number of guanidine groups is 1. The van der Waals surface area contributed by atoms with E-state index < -0.39 is 0 Å². The highest BCUT2D eigenvalue weighted by molar-refractivity contribution is 14.0. The van der Waals surface area contributed by atoms with Gasteiger partial charge >= 0.3 is 5.97 Å². The lowest BCUT2D eigenvalue weighted by Gasteiger charge is -2.25. The molecule has 1 atom stereocenters. The quantitative estimate of drug-likeness (QED) is 0.282. The number of rotatable bonds is 7. The Morgan fingerprint density at radius 1 is 1.32 bits per heavy atom. The van der Waals surface area contributed by atoms with Crippen LogP contribution in [0.3, 0.4) is 0 Å². The van der Waals surface area contributed by atoms with E-state index in [0.29, 0.717) is 19.0 Å². The zero-order chi connectivity index (χ0) is 17.2. The molecule has 1 aromatic rings. The van der Waals surface area contributed by atoms with Crippen LogP contribution in [0, 0.1) is 0 Å². The zero-order valence-corrected chi connectivity index (χ0v) is 17.4. The molecule has 0 bridgehead atoms. The maximum atomic E-state index is 11.1. The molecule has 1 unspecified atom stereocenters. The largest absolute Gasteiger partial charge is 0.469 e. The number of carbonyl (C=O) groups excluding carboxylic acids is 1. The molecule has 1 aliphatic heterocycles. The summed E-state index contributed by atoms with van der Waals surface area (Å²) in [7, 11) is 3.14. The fourth-order valence-corrected chi connectivity index (χ4v) is 2.97. The van der Waals surface area contributed by atoms with Crippen molar-refractivity contribution in [3.05, 3.63) is 35.9 Å². The third-order valence-corrected chi connectivity index (χ3v) is 4.31. The van der Waals surface area contributed by atoms with E-state index in [4.69, 9.17) is 0 Å². The van der Waals surface area contributed by atoms with Crippen LogP contribution in [0.4, 0.5) is 0 Å². The minimum absolute atomic E-state index is 0. The number of nitrogens with one attached hydrogen (secondary N) is 2. The Labute approximate surface area is 167 Å². The van der Waals surface area contributed by atoms with Crippen molar-refractivity contribution in [1.82, 2.24) is 15.5 Å². The summed E-state index contributed by atoms with van der Waals surface area (Å²) in [6.45, 7) is 3.49. The van der Waals surface area contributed by atoms with E-state index in [0.717, 1.165) is 25.6 Å². The van der Waals surface area contributed by atoms with Gasteiger partial charge in [0.25, 0.3) is 0 Å². The number of benzene rings is 1. The molecule has 0 aliphatic carbocycles. The van der Waals surface area contributed by atoms with Crippen LogP contribution in [0.25, 0.3) is 0 Å². The Hall–Kier alpha value is -1.35. The van der Waals surface area contributed by atoms with Crippen LogP contribution in [-0.2, 0) is 16.1 Å². The number of likely N-dealkylation sites (tertiary alicyclic amines) is 1. The SMILES string of the molecule is CN=C(NCCC(=O)OC)NCC1CCCN1Cc1ccccc1.I. The molecular weight excluding hydrogens is 431 g/mol. The summed E-state index contributed by atoms with van der Waals surface area (Å²) in [4.78, 5) is 17.9. The van der Waals surface area contributed by atoms with Crippen LogP contribution in [0.1, 0.15) is 24.8 Å². The molecule has 1 saturated heterocycles. The second-order valence-electron chi connectivity index (χ2n) is 5.96. The smallest absolute Gasteiger partial charge is 0.307 e. The molecule has 25 heavy (non-hydrogen) atoms. The van der Waals surface area contributed by atoms with Crippen molar-refractivity contribution >= 4 is 35.9 Å². The van der Waals surface area contributed by atoms with E-state index in [1.54, 1.807) is 7.05 Å². The standard InChI is InChI=1S/C18H28N4O2.HI/c1-19-18(20-11-10-17(23)24-2)21-13-16-9-6-12-22(16)14-15-7-4-3-5-8-15;/h3-5,7-8,16H,6,9-14H2,1-2H3,(H2,19,20,21);1H. The molecule has 0 amide bonds. The minimum atomic E-state index is -0.220. The number of halogens is 1. The van der Waals surface area contributed by atoms with Crippen molar-refractivity contribution in [1.29, 1.82) is 0 Å². The van der Waals surface area contributed by atoms with E-state index in [-0.39, 0.29) is 29.9 Å². The van der Waals surface area contributed by atoms with E-state index in [1.807, 2.05) is 0 Å². The number of hydrogen-bond donors (Lipinski definition) is 2. The van der Waals surface area contributed by atoms with Crippen LogP contribution in [0.2, 0.25) is 0 Å². The normalized spacial score (nSPS) is 17.7. The molecule has 0 saturated carbocycles. The molecule has 7 heteroatoms. The molecule has 0 spiro atoms. The monoisotopic (exact) mass is 460 g/mol. The lowest BCUT2D eigenvalue weighted by Crippen LogP contribution is -2.45. The highest BCUT2D eigenvalue weighted by atomic mass is 127. The third kappa shape index (κ3) is 7.60. The van der Waals surface area contributed by atoms with Crippen LogP contribution in [0.5, 0.6) is 0 Å². The van der Waals surface area contributed by atoms with Gasteiger partial charge in [-0.2, -0.15) is 0 Å².